The zero-order chi connectivity index (χ0) is 23.3. The molecule has 3 rings (SSSR count). The normalized spacial score (nSPS) is 14.2. The summed E-state index contributed by atoms with van der Waals surface area (Å²) in [5.74, 6) is 0.334. The molecule has 0 atom stereocenters. The second-order valence-corrected chi connectivity index (χ2v) is 8.46. The molecule has 2 aromatic carbocycles. The zero-order valence-electron chi connectivity index (χ0n) is 19.8. The highest BCUT2D eigenvalue weighted by atomic mass is 16.5. The number of hydrogen-bond acceptors (Lipinski definition) is 5. The summed E-state index contributed by atoms with van der Waals surface area (Å²) in [6.45, 7) is 10.8. The van der Waals surface area contributed by atoms with Gasteiger partial charge in [-0.2, -0.15) is 0 Å². The predicted octanol–water partition coefficient (Wildman–Crippen LogP) is 3.16. The van der Waals surface area contributed by atoms with Crippen molar-refractivity contribution in [3.8, 4) is 5.75 Å². The minimum Gasteiger partial charge on any atom is -0.483 e. The van der Waals surface area contributed by atoms with Crippen LogP contribution in [0.5, 0.6) is 5.75 Å². The van der Waals surface area contributed by atoms with E-state index in [2.05, 4.69) is 22.0 Å². The number of nitrogens with one attached hydrogen (secondary N) is 1. The molecule has 1 aliphatic heterocycles. The highest BCUT2D eigenvalue weighted by Gasteiger charge is 2.21. The van der Waals surface area contributed by atoms with Gasteiger partial charge in [-0.15, -0.1) is 0 Å². The molecule has 172 valence electrons. The molecule has 0 aliphatic carbocycles. The number of likely N-dealkylation sites (N-methyl/N-ethyl adjacent to an activating group) is 1. The van der Waals surface area contributed by atoms with Crippen LogP contribution in [0.15, 0.2) is 36.4 Å². The Bertz CT molecular complexity index is 966. The molecule has 32 heavy (non-hydrogen) atoms. The molecule has 1 heterocycles. The lowest BCUT2D eigenvalue weighted by molar-refractivity contribution is -0.118. The summed E-state index contributed by atoms with van der Waals surface area (Å²) in [6, 6.07) is 11.4. The molecule has 7 nitrogen and oxygen atoms in total. The summed E-state index contributed by atoms with van der Waals surface area (Å²) >= 11 is 0. The zero-order valence-corrected chi connectivity index (χ0v) is 19.8. The number of carbonyl (C=O) groups is 2. The van der Waals surface area contributed by atoms with Crippen LogP contribution in [0.25, 0.3) is 0 Å². The van der Waals surface area contributed by atoms with Gasteiger partial charge >= 0.3 is 0 Å². The number of ether oxygens (including phenoxy) is 1. The minimum atomic E-state index is -0.257. The third kappa shape index (κ3) is 5.79. The number of rotatable bonds is 7. The molecule has 1 saturated heterocycles. The van der Waals surface area contributed by atoms with Crippen molar-refractivity contribution >= 4 is 23.2 Å². The lowest BCUT2D eigenvalue weighted by atomic mass is 10.1. The number of benzene rings is 2. The van der Waals surface area contributed by atoms with Crippen LogP contribution in [-0.4, -0.2) is 75.0 Å². The van der Waals surface area contributed by atoms with Crippen molar-refractivity contribution in [3.05, 3.63) is 53.1 Å². The van der Waals surface area contributed by atoms with Crippen LogP contribution in [0.2, 0.25) is 0 Å². The van der Waals surface area contributed by atoms with Gasteiger partial charge in [0.2, 0.25) is 0 Å². The third-order valence-electron chi connectivity index (χ3n) is 5.77. The molecule has 0 bridgehead atoms. The average molecular weight is 439 g/mol. The van der Waals surface area contributed by atoms with E-state index in [-0.39, 0.29) is 18.4 Å². The van der Waals surface area contributed by atoms with Gasteiger partial charge in [-0.25, -0.2) is 0 Å². The SMILES string of the molecule is CCN1CCN(c2ccc(C(=O)N(C)C)cc2NC(=O)COc2ccc(C)cc2C)CC1. The summed E-state index contributed by atoms with van der Waals surface area (Å²) in [5.41, 5.74) is 4.24. The molecule has 1 aliphatic rings. The molecule has 7 heteroatoms. The topological polar surface area (TPSA) is 65.1 Å². The first kappa shape index (κ1) is 23.6. The molecule has 1 N–H and O–H groups in total. The van der Waals surface area contributed by atoms with Crippen LogP contribution in [0.3, 0.4) is 0 Å². The van der Waals surface area contributed by atoms with E-state index in [1.165, 1.54) is 4.90 Å². The maximum Gasteiger partial charge on any atom is 0.262 e. The summed E-state index contributed by atoms with van der Waals surface area (Å²) in [7, 11) is 3.44. The van der Waals surface area contributed by atoms with E-state index in [0.717, 1.165) is 49.5 Å². The van der Waals surface area contributed by atoms with Crippen molar-refractivity contribution in [2.24, 2.45) is 0 Å². The maximum absolute atomic E-state index is 12.8. The second kappa shape index (κ2) is 10.5. The Morgan fingerprint density at radius 1 is 1.03 bits per heavy atom. The smallest absolute Gasteiger partial charge is 0.262 e. The largest absolute Gasteiger partial charge is 0.483 e. The Kier molecular flexibility index (Phi) is 7.75. The molecule has 0 spiro atoms. The summed E-state index contributed by atoms with van der Waals surface area (Å²) < 4.78 is 5.75. The summed E-state index contributed by atoms with van der Waals surface area (Å²) in [5, 5.41) is 2.98. The van der Waals surface area contributed by atoms with Crippen LogP contribution in [-0.2, 0) is 4.79 Å². The number of piperazine rings is 1. The average Bonchev–Trinajstić information content (AvgIpc) is 2.78. The highest BCUT2D eigenvalue weighted by Crippen LogP contribution is 2.29. The van der Waals surface area contributed by atoms with Gasteiger partial charge in [0.05, 0.1) is 11.4 Å². The lowest BCUT2D eigenvalue weighted by Crippen LogP contribution is -2.46. The van der Waals surface area contributed by atoms with Crippen molar-refractivity contribution in [2.45, 2.75) is 20.8 Å². The highest BCUT2D eigenvalue weighted by molar-refractivity contribution is 6.00. The van der Waals surface area contributed by atoms with E-state index in [4.69, 9.17) is 4.74 Å². The number of anilines is 2. The molecule has 0 aromatic heterocycles. The van der Waals surface area contributed by atoms with Crippen molar-refractivity contribution in [3.63, 3.8) is 0 Å². The Hall–Kier alpha value is -3.06. The molecule has 2 amide bonds. The van der Waals surface area contributed by atoms with E-state index in [9.17, 15) is 9.59 Å². The fraction of sp³-hybridized carbons (Fsp3) is 0.440. The van der Waals surface area contributed by atoms with E-state index >= 15 is 0 Å². The Morgan fingerprint density at radius 3 is 2.38 bits per heavy atom. The van der Waals surface area contributed by atoms with Gasteiger partial charge in [-0.1, -0.05) is 24.6 Å². The second-order valence-electron chi connectivity index (χ2n) is 8.46. The minimum absolute atomic E-state index is 0.0984. The van der Waals surface area contributed by atoms with Gasteiger partial charge in [-0.3, -0.25) is 9.59 Å². The Balaban J connectivity index is 1.77. The third-order valence-corrected chi connectivity index (χ3v) is 5.77. The van der Waals surface area contributed by atoms with Crippen molar-refractivity contribution < 1.29 is 14.3 Å². The first-order valence-corrected chi connectivity index (χ1v) is 11.1. The fourth-order valence-electron chi connectivity index (χ4n) is 3.90. The molecule has 0 saturated carbocycles. The summed E-state index contributed by atoms with van der Waals surface area (Å²) in [6.07, 6.45) is 0. The van der Waals surface area contributed by atoms with Gasteiger partial charge in [0, 0.05) is 45.8 Å². The first-order valence-electron chi connectivity index (χ1n) is 11.1. The Labute approximate surface area is 190 Å². The molecule has 0 unspecified atom stereocenters. The van der Waals surface area contributed by atoms with Gasteiger partial charge in [0.1, 0.15) is 5.75 Å². The molecule has 1 fully saturated rings. The van der Waals surface area contributed by atoms with Crippen molar-refractivity contribution in [1.29, 1.82) is 0 Å². The van der Waals surface area contributed by atoms with E-state index in [1.807, 2.05) is 44.2 Å². The predicted molar refractivity (Wildman–Crippen MR) is 129 cm³/mol. The monoisotopic (exact) mass is 438 g/mol. The number of hydrogen-bond donors (Lipinski definition) is 1. The van der Waals surface area contributed by atoms with Crippen molar-refractivity contribution in [2.75, 3.05) is 63.6 Å². The van der Waals surface area contributed by atoms with E-state index in [0.29, 0.717) is 17.0 Å². The standard InChI is InChI=1S/C25H34N4O3/c1-6-28-11-13-29(14-12-28)22-9-8-20(25(31)27(4)5)16-21(22)26-24(30)17-32-23-10-7-18(2)15-19(23)3/h7-10,15-16H,6,11-14,17H2,1-5H3,(H,26,30). The maximum atomic E-state index is 12.8. The van der Waals surface area contributed by atoms with Gasteiger partial charge < -0.3 is 24.8 Å². The lowest BCUT2D eigenvalue weighted by Gasteiger charge is -2.36. The molecular weight excluding hydrogens is 404 g/mol. The van der Waals surface area contributed by atoms with Crippen molar-refractivity contribution in [1.82, 2.24) is 9.80 Å². The fourth-order valence-corrected chi connectivity index (χ4v) is 3.90. The van der Waals surface area contributed by atoms with Crippen LogP contribution in [0.4, 0.5) is 11.4 Å². The van der Waals surface area contributed by atoms with Crippen LogP contribution < -0.4 is 15.0 Å². The van der Waals surface area contributed by atoms with Crippen LogP contribution in [0.1, 0.15) is 28.4 Å². The van der Waals surface area contributed by atoms with Gasteiger partial charge in [-0.05, 0) is 50.2 Å². The molecule has 0 radical (unpaired) electrons. The molecule has 2 aromatic rings. The van der Waals surface area contributed by atoms with Crippen LogP contribution >= 0.6 is 0 Å². The summed E-state index contributed by atoms with van der Waals surface area (Å²) in [4.78, 5) is 31.4. The Morgan fingerprint density at radius 2 is 1.75 bits per heavy atom. The number of amides is 2. The number of carbonyl (C=O) groups excluding carboxylic acids is 2. The quantitative estimate of drug-likeness (QED) is 0.719. The van der Waals surface area contributed by atoms with Gasteiger partial charge in [0.25, 0.3) is 11.8 Å². The van der Waals surface area contributed by atoms with E-state index in [1.54, 1.807) is 20.2 Å². The van der Waals surface area contributed by atoms with Gasteiger partial charge in [0.15, 0.2) is 6.61 Å². The number of nitrogens with zero attached hydrogens (tertiary/aromatic N) is 3. The first-order chi connectivity index (χ1) is 15.3. The van der Waals surface area contributed by atoms with Crippen LogP contribution in [0, 0.1) is 13.8 Å². The molecular formula is C25H34N4O3. The number of aryl methyl sites for hydroxylation is 2. The van der Waals surface area contributed by atoms with E-state index < -0.39 is 0 Å².